The average Bonchev–Trinajstić information content (AvgIpc) is 2.98. The quantitative estimate of drug-likeness (QED) is 0.797. The number of anilines is 1. The van der Waals surface area contributed by atoms with Crippen molar-refractivity contribution >= 4 is 44.7 Å². The molecule has 2 heterocycles. The Bertz CT molecular complexity index is 888. The zero-order valence-corrected chi connectivity index (χ0v) is 13.0. The molecule has 0 saturated heterocycles. The Kier molecular flexibility index (Phi) is 4.22. The maximum absolute atomic E-state index is 12.2. The van der Waals surface area contributed by atoms with Gasteiger partial charge < -0.3 is 5.32 Å². The van der Waals surface area contributed by atoms with E-state index < -0.39 is 0 Å². The molecule has 7 heteroatoms. The van der Waals surface area contributed by atoms with Crippen LogP contribution in [-0.4, -0.2) is 15.5 Å². The van der Waals surface area contributed by atoms with Gasteiger partial charge in [0.1, 0.15) is 4.83 Å². The lowest BCUT2D eigenvalue weighted by atomic mass is 10.3. The van der Waals surface area contributed by atoms with Crippen molar-refractivity contribution in [3.8, 4) is 0 Å². The average molecular weight is 334 g/mol. The molecule has 1 aromatic carbocycles. The van der Waals surface area contributed by atoms with Crippen LogP contribution in [0.4, 0.5) is 5.69 Å². The van der Waals surface area contributed by atoms with Crippen molar-refractivity contribution in [1.29, 1.82) is 0 Å². The van der Waals surface area contributed by atoms with Gasteiger partial charge in [0, 0.05) is 13.0 Å². The zero-order chi connectivity index (χ0) is 15.5. The van der Waals surface area contributed by atoms with E-state index in [-0.39, 0.29) is 24.4 Å². The van der Waals surface area contributed by atoms with Gasteiger partial charge in [0.15, 0.2) is 0 Å². The number of thiophene rings is 1. The minimum Gasteiger partial charge on any atom is -0.325 e. The predicted octanol–water partition coefficient (Wildman–Crippen LogP) is 3.14. The lowest BCUT2D eigenvalue weighted by Crippen LogP contribution is -2.23. The van der Waals surface area contributed by atoms with E-state index in [1.807, 2.05) is 5.38 Å². The molecule has 0 radical (unpaired) electrons. The van der Waals surface area contributed by atoms with Crippen LogP contribution in [0.1, 0.15) is 6.42 Å². The molecule has 0 spiro atoms. The van der Waals surface area contributed by atoms with Crippen molar-refractivity contribution in [2.45, 2.75) is 13.0 Å². The largest absolute Gasteiger partial charge is 0.325 e. The molecule has 1 amide bonds. The number of nitrogens with one attached hydrogen (secondary N) is 1. The van der Waals surface area contributed by atoms with Crippen molar-refractivity contribution in [1.82, 2.24) is 9.55 Å². The SMILES string of the molecule is O=C(CCn1cnc2sccc2c1=O)Nc1ccccc1Cl. The summed E-state index contributed by atoms with van der Waals surface area (Å²) < 4.78 is 1.45. The fraction of sp³-hybridized carbons (Fsp3) is 0.133. The first kappa shape index (κ1) is 14.7. The summed E-state index contributed by atoms with van der Waals surface area (Å²) in [6.45, 7) is 0.272. The molecular formula is C15H12ClN3O2S. The Hall–Kier alpha value is -2.18. The van der Waals surface area contributed by atoms with Gasteiger partial charge in [0.25, 0.3) is 5.56 Å². The smallest absolute Gasteiger partial charge is 0.262 e. The summed E-state index contributed by atoms with van der Waals surface area (Å²) in [6, 6.07) is 8.76. The molecule has 112 valence electrons. The second-order valence-corrected chi connectivity index (χ2v) is 5.96. The summed E-state index contributed by atoms with van der Waals surface area (Å²) in [5.41, 5.74) is 0.435. The maximum atomic E-state index is 12.2. The normalized spacial score (nSPS) is 10.8. The second kappa shape index (κ2) is 6.29. The van der Waals surface area contributed by atoms with Crippen LogP contribution >= 0.6 is 22.9 Å². The third-order valence-corrected chi connectivity index (χ3v) is 4.33. The number of carbonyl (C=O) groups excluding carboxylic acids is 1. The highest BCUT2D eigenvalue weighted by Gasteiger charge is 2.08. The Morgan fingerprint density at radius 1 is 1.32 bits per heavy atom. The molecule has 0 aliphatic carbocycles. The highest BCUT2D eigenvalue weighted by Crippen LogP contribution is 2.20. The summed E-state index contributed by atoms with van der Waals surface area (Å²) in [5.74, 6) is -0.203. The van der Waals surface area contributed by atoms with Gasteiger partial charge in [-0.05, 0) is 23.6 Å². The molecule has 2 aromatic heterocycles. The van der Waals surface area contributed by atoms with Gasteiger partial charge in [-0.3, -0.25) is 14.2 Å². The molecule has 0 aliphatic heterocycles. The minimum atomic E-state index is -0.203. The van der Waals surface area contributed by atoms with Gasteiger partial charge >= 0.3 is 0 Å². The van der Waals surface area contributed by atoms with Crippen molar-refractivity contribution < 1.29 is 4.79 Å². The van der Waals surface area contributed by atoms with E-state index in [0.717, 1.165) is 0 Å². The highest BCUT2D eigenvalue weighted by molar-refractivity contribution is 7.16. The van der Waals surface area contributed by atoms with E-state index in [0.29, 0.717) is 20.9 Å². The minimum absolute atomic E-state index is 0.128. The molecule has 0 fully saturated rings. The molecule has 1 N–H and O–H groups in total. The number of aryl methyl sites for hydroxylation is 1. The van der Waals surface area contributed by atoms with Crippen molar-refractivity contribution in [3.63, 3.8) is 0 Å². The van der Waals surface area contributed by atoms with Crippen LogP contribution in [0.15, 0.2) is 46.8 Å². The van der Waals surface area contributed by atoms with Crippen LogP contribution in [-0.2, 0) is 11.3 Å². The summed E-state index contributed by atoms with van der Waals surface area (Å²) in [6.07, 6.45) is 1.65. The van der Waals surface area contributed by atoms with Crippen LogP contribution in [0.3, 0.4) is 0 Å². The summed E-state index contributed by atoms with van der Waals surface area (Å²) in [7, 11) is 0. The number of hydrogen-bond acceptors (Lipinski definition) is 4. The number of benzene rings is 1. The predicted molar refractivity (Wildman–Crippen MR) is 88.6 cm³/mol. The number of fused-ring (bicyclic) bond motifs is 1. The number of hydrogen-bond donors (Lipinski definition) is 1. The van der Waals surface area contributed by atoms with Crippen LogP contribution in [0, 0.1) is 0 Å². The summed E-state index contributed by atoms with van der Waals surface area (Å²) >= 11 is 7.40. The molecule has 5 nitrogen and oxygen atoms in total. The van der Waals surface area contributed by atoms with Gasteiger partial charge in [-0.25, -0.2) is 4.98 Å². The van der Waals surface area contributed by atoms with Gasteiger partial charge in [-0.15, -0.1) is 11.3 Å². The van der Waals surface area contributed by atoms with E-state index in [9.17, 15) is 9.59 Å². The third-order valence-electron chi connectivity index (χ3n) is 3.18. The number of amides is 1. The molecule has 22 heavy (non-hydrogen) atoms. The molecule has 3 rings (SSSR count). The lowest BCUT2D eigenvalue weighted by Gasteiger charge is -2.08. The maximum Gasteiger partial charge on any atom is 0.262 e. The number of nitrogens with zero attached hydrogens (tertiary/aromatic N) is 2. The molecule has 0 bridgehead atoms. The molecular weight excluding hydrogens is 322 g/mol. The first-order valence-electron chi connectivity index (χ1n) is 6.62. The Morgan fingerprint density at radius 2 is 2.14 bits per heavy atom. The summed E-state index contributed by atoms with van der Waals surface area (Å²) in [5, 5.41) is 5.62. The monoisotopic (exact) mass is 333 g/mol. The topological polar surface area (TPSA) is 64.0 Å². The molecule has 0 saturated carbocycles. The van der Waals surface area contributed by atoms with E-state index in [1.165, 1.54) is 22.2 Å². The van der Waals surface area contributed by atoms with E-state index in [4.69, 9.17) is 11.6 Å². The van der Waals surface area contributed by atoms with Crippen LogP contribution in [0.5, 0.6) is 0 Å². The van der Waals surface area contributed by atoms with Gasteiger partial charge in [-0.2, -0.15) is 0 Å². The highest BCUT2D eigenvalue weighted by atomic mass is 35.5. The van der Waals surface area contributed by atoms with Crippen LogP contribution in [0.25, 0.3) is 10.2 Å². The van der Waals surface area contributed by atoms with E-state index in [1.54, 1.807) is 30.3 Å². The molecule has 0 aliphatic rings. The van der Waals surface area contributed by atoms with Crippen molar-refractivity contribution in [2.24, 2.45) is 0 Å². The van der Waals surface area contributed by atoms with Crippen molar-refractivity contribution in [2.75, 3.05) is 5.32 Å². The fourth-order valence-corrected chi connectivity index (χ4v) is 2.96. The molecule has 3 aromatic rings. The zero-order valence-electron chi connectivity index (χ0n) is 11.5. The number of aromatic nitrogens is 2. The number of rotatable bonds is 4. The van der Waals surface area contributed by atoms with Gasteiger partial charge in [0.2, 0.25) is 5.91 Å². The fourth-order valence-electron chi connectivity index (χ4n) is 2.05. The van der Waals surface area contributed by atoms with E-state index >= 15 is 0 Å². The van der Waals surface area contributed by atoms with Gasteiger partial charge in [-0.1, -0.05) is 23.7 Å². The second-order valence-electron chi connectivity index (χ2n) is 4.66. The Morgan fingerprint density at radius 3 is 2.95 bits per heavy atom. The van der Waals surface area contributed by atoms with Crippen LogP contribution in [0.2, 0.25) is 5.02 Å². The first-order valence-corrected chi connectivity index (χ1v) is 7.88. The van der Waals surface area contributed by atoms with Crippen LogP contribution < -0.4 is 10.9 Å². The number of carbonyl (C=O) groups is 1. The Labute approximate surface area is 135 Å². The molecule has 0 unspecified atom stereocenters. The summed E-state index contributed by atoms with van der Waals surface area (Å²) in [4.78, 5) is 29.1. The first-order chi connectivity index (χ1) is 10.6. The lowest BCUT2D eigenvalue weighted by molar-refractivity contribution is -0.116. The van der Waals surface area contributed by atoms with Crippen molar-refractivity contribution in [3.05, 3.63) is 57.4 Å². The molecule has 0 atom stereocenters. The number of halogens is 1. The van der Waals surface area contributed by atoms with E-state index in [2.05, 4.69) is 10.3 Å². The van der Waals surface area contributed by atoms with Gasteiger partial charge in [0.05, 0.1) is 22.4 Å². The number of para-hydroxylation sites is 1. The third kappa shape index (κ3) is 3.03. The standard InChI is InChI=1S/C15H12ClN3O2S/c16-11-3-1-2-4-12(11)18-13(20)5-7-19-9-17-14-10(15(19)21)6-8-22-14/h1-4,6,8-9H,5,7H2,(H,18,20). The Balaban J connectivity index is 1.69.